The molecule has 1 rings (SSSR count). The van der Waals surface area contributed by atoms with Gasteiger partial charge in [0.05, 0.1) is 11.6 Å². The fourth-order valence-electron chi connectivity index (χ4n) is 0.910. The molecule has 0 atom stereocenters. The highest BCUT2D eigenvalue weighted by Gasteiger charge is 2.11. The normalized spacial score (nSPS) is 10.1. The molecule has 1 amide bonds. The van der Waals surface area contributed by atoms with Crippen molar-refractivity contribution in [3.05, 3.63) is 22.1 Å². The first-order valence-electron chi connectivity index (χ1n) is 4.56. The van der Waals surface area contributed by atoms with E-state index >= 15 is 0 Å². The number of aliphatic hydroxyl groups excluding tert-OH is 1. The number of nitrogens with one attached hydrogen (secondary N) is 1. The van der Waals surface area contributed by atoms with Gasteiger partial charge in [0.2, 0.25) is 11.8 Å². The van der Waals surface area contributed by atoms with Crippen molar-refractivity contribution in [3.8, 4) is 5.88 Å². The molecule has 1 aromatic rings. The molecule has 0 radical (unpaired) electrons. The minimum absolute atomic E-state index is 0.00589. The molecule has 0 aliphatic rings. The van der Waals surface area contributed by atoms with Crippen LogP contribution in [0.2, 0.25) is 10.0 Å². The molecule has 2 N–H and O–H groups in total. The summed E-state index contributed by atoms with van der Waals surface area (Å²) >= 11 is 11.1. The Hall–Kier alpha value is -1.11. The summed E-state index contributed by atoms with van der Waals surface area (Å²) in [5.41, 5.74) is 0. The van der Waals surface area contributed by atoms with E-state index in [0.29, 0.717) is 0 Å². The number of pyridine rings is 1. The number of nitrogens with zero attached hydrogens (tertiary/aromatic N) is 1. The number of carbonyl (C=O) groups is 1. The lowest BCUT2D eigenvalue weighted by molar-refractivity contribution is -0.123. The molecule has 1 aromatic heterocycles. The fourth-order valence-corrected chi connectivity index (χ4v) is 1.32. The van der Waals surface area contributed by atoms with Crippen LogP contribution < -0.4 is 10.1 Å². The molecule has 17 heavy (non-hydrogen) atoms. The second-order valence-corrected chi connectivity index (χ2v) is 3.72. The Bertz CT molecular complexity index is 417. The maximum Gasteiger partial charge on any atom is 0.258 e. The minimum Gasteiger partial charge on any atom is -0.466 e. The first kappa shape index (κ1) is 14.0. The van der Waals surface area contributed by atoms with Crippen molar-refractivity contribution < 1.29 is 19.0 Å². The van der Waals surface area contributed by atoms with E-state index in [1.54, 1.807) is 0 Å². The molecule has 0 saturated carbocycles. The van der Waals surface area contributed by atoms with Crippen molar-refractivity contribution >= 4 is 29.1 Å². The topological polar surface area (TPSA) is 71.5 Å². The zero-order valence-electron chi connectivity index (χ0n) is 8.54. The minimum atomic E-state index is -0.929. The van der Waals surface area contributed by atoms with Gasteiger partial charge in [-0.2, -0.15) is 9.37 Å². The molecular weight excluding hydrogens is 274 g/mol. The number of ether oxygens (including phenoxy) is 1. The van der Waals surface area contributed by atoms with Gasteiger partial charge in [0, 0.05) is 6.54 Å². The summed E-state index contributed by atoms with van der Waals surface area (Å²) in [7, 11) is 0. The average molecular weight is 283 g/mol. The monoisotopic (exact) mass is 282 g/mol. The predicted molar refractivity (Wildman–Crippen MR) is 59.8 cm³/mol. The van der Waals surface area contributed by atoms with E-state index in [4.69, 9.17) is 33.0 Å². The van der Waals surface area contributed by atoms with Gasteiger partial charge in [0.15, 0.2) is 6.61 Å². The zero-order valence-corrected chi connectivity index (χ0v) is 10.1. The zero-order chi connectivity index (χ0) is 12.8. The Kier molecular flexibility index (Phi) is 5.40. The molecule has 5 nitrogen and oxygen atoms in total. The van der Waals surface area contributed by atoms with Crippen molar-refractivity contribution in [1.82, 2.24) is 10.3 Å². The molecule has 0 fully saturated rings. The van der Waals surface area contributed by atoms with E-state index in [9.17, 15) is 9.18 Å². The van der Waals surface area contributed by atoms with Crippen LogP contribution in [0.15, 0.2) is 6.07 Å². The Morgan fingerprint density at radius 3 is 2.88 bits per heavy atom. The van der Waals surface area contributed by atoms with E-state index in [2.05, 4.69) is 10.3 Å². The number of halogens is 3. The van der Waals surface area contributed by atoms with Gasteiger partial charge >= 0.3 is 0 Å². The van der Waals surface area contributed by atoms with Crippen LogP contribution >= 0.6 is 23.2 Å². The van der Waals surface area contributed by atoms with E-state index < -0.39 is 11.9 Å². The van der Waals surface area contributed by atoms with Crippen LogP contribution in [0.25, 0.3) is 0 Å². The number of rotatable bonds is 5. The van der Waals surface area contributed by atoms with Crippen molar-refractivity contribution in [1.29, 1.82) is 0 Å². The summed E-state index contributed by atoms with van der Waals surface area (Å²) in [4.78, 5) is 14.4. The highest BCUT2D eigenvalue weighted by Crippen LogP contribution is 2.26. The third kappa shape index (κ3) is 4.33. The Morgan fingerprint density at radius 2 is 2.24 bits per heavy atom. The number of aliphatic hydroxyl groups is 1. The molecule has 0 saturated heterocycles. The number of hydrogen-bond acceptors (Lipinski definition) is 4. The summed E-state index contributed by atoms with van der Waals surface area (Å²) in [6.45, 7) is -0.452. The number of hydrogen-bond donors (Lipinski definition) is 2. The van der Waals surface area contributed by atoms with Crippen LogP contribution in [-0.4, -0.2) is 35.8 Å². The highest BCUT2D eigenvalue weighted by molar-refractivity contribution is 6.35. The summed E-state index contributed by atoms with van der Waals surface area (Å²) in [6, 6.07) is 1.13. The Balaban J connectivity index is 2.57. The van der Waals surface area contributed by atoms with Gasteiger partial charge in [0.25, 0.3) is 5.91 Å². The van der Waals surface area contributed by atoms with Crippen molar-refractivity contribution in [2.45, 2.75) is 0 Å². The van der Waals surface area contributed by atoms with E-state index in [1.165, 1.54) is 0 Å². The largest absolute Gasteiger partial charge is 0.466 e. The second-order valence-electron chi connectivity index (χ2n) is 2.91. The second kappa shape index (κ2) is 6.58. The van der Waals surface area contributed by atoms with E-state index in [-0.39, 0.29) is 35.7 Å². The van der Waals surface area contributed by atoms with Gasteiger partial charge < -0.3 is 15.2 Å². The van der Waals surface area contributed by atoms with Crippen LogP contribution in [-0.2, 0) is 4.79 Å². The van der Waals surface area contributed by atoms with Crippen LogP contribution in [0.5, 0.6) is 5.88 Å². The lowest BCUT2D eigenvalue weighted by Gasteiger charge is -2.07. The number of aromatic nitrogens is 1. The maximum atomic E-state index is 13.0. The third-order valence-electron chi connectivity index (χ3n) is 1.63. The van der Waals surface area contributed by atoms with Crippen molar-refractivity contribution in [2.75, 3.05) is 19.8 Å². The SMILES string of the molecule is O=C(COc1nc(F)c(Cl)cc1Cl)NCCO. The molecule has 0 unspecified atom stereocenters. The molecule has 0 spiro atoms. The lowest BCUT2D eigenvalue weighted by atomic mass is 10.4. The Labute approximate surface area is 107 Å². The van der Waals surface area contributed by atoms with Crippen molar-refractivity contribution in [3.63, 3.8) is 0 Å². The van der Waals surface area contributed by atoms with Crippen LogP contribution in [0, 0.1) is 5.95 Å². The summed E-state index contributed by atoms with van der Waals surface area (Å²) in [6.07, 6.45) is 0. The molecule has 0 bridgehead atoms. The summed E-state index contributed by atoms with van der Waals surface area (Å²) in [5, 5.41) is 10.6. The number of amides is 1. The molecule has 1 heterocycles. The van der Waals surface area contributed by atoms with Gasteiger partial charge in [-0.1, -0.05) is 23.2 Å². The Morgan fingerprint density at radius 1 is 1.53 bits per heavy atom. The predicted octanol–water partition coefficient (Wildman–Crippen LogP) is 1.01. The highest BCUT2D eigenvalue weighted by atomic mass is 35.5. The molecule has 0 aliphatic carbocycles. The maximum absolute atomic E-state index is 13.0. The van der Waals surface area contributed by atoms with Gasteiger partial charge in [-0.05, 0) is 6.07 Å². The van der Waals surface area contributed by atoms with Crippen LogP contribution in [0.4, 0.5) is 4.39 Å². The standard InChI is InChI=1S/C9H9Cl2FN2O3/c10-5-3-6(11)9(14-8(5)12)17-4-7(16)13-1-2-15/h3,15H,1-2,4H2,(H,13,16). The van der Waals surface area contributed by atoms with E-state index in [1.807, 2.05) is 0 Å². The van der Waals surface area contributed by atoms with Gasteiger partial charge in [-0.25, -0.2) is 0 Å². The molecule has 0 aromatic carbocycles. The van der Waals surface area contributed by atoms with Gasteiger partial charge in [0.1, 0.15) is 5.02 Å². The first-order chi connectivity index (χ1) is 8.04. The lowest BCUT2D eigenvalue weighted by Crippen LogP contribution is -2.31. The summed E-state index contributed by atoms with van der Waals surface area (Å²) in [5.74, 6) is -1.62. The van der Waals surface area contributed by atoms with Crippen molar-refractivity contribution in [2.24, 2.45) is 0 Å². The van der Waals surface area contributed by atoms with Gasteiger partial charge in [-0.3, -0.25) is 4.79 Å². The van der Waals surface area contributed by atoms with Crippen LogP contribution in [0.1, 0.15) is 0 Å². The first-order valence-corrected chi connectivity index (χ1v) is 5.32. The fraction of sp³-hybridized carbons (Fsp3) is 0.333. The molecular formula is C9H9Cl2FN2O3. The average Bonchev–Trinajstić information content (AvgIpc) is 2.29. The smallest absolute Gasteiger partial charge is 0.258 e. The third-order valence-corrected chi connectivity index (χ3v) is 2.16. The van der Waals surface area contributed by atoms with Gasteiger partial charge in [-0.15, -0.1) is 0 Å². The van der Waals surface area contributed by atoms with E-state index in [0.717, 1.165) is 6.07 Å². The quantitative estimate of drug-likeness (QED) is 0.791. The van der Waals surface area contributed by atoms with Crippen LogP contribution in [0.3, 0.4) is 0 Å². The number of carbonyl (C=O) groups excluding carboxylic acids is 1. The molecule has 8 heteroatoms. The molecule has 0 aliphatic heterocycles. The summed E-state index contributed by atoms with van der Waals surface area (Å²) < 4.78 is 17.9. The molecule has 94 valence electrons.